The summed E-state index contributed by atoms with van der Waals surface area (Å²) in [7, 11) is -2.10. The van der Waals surface area contributed by atoms with Crippen LogP contribution in [0.5, 0.6) is 5.75 Å². The molecule has 0 unspecified atom stereocenters. The Labute approximate surface area is 143 Å². The molecule has 24 heavy (non-hydrogen) atoms. The highest BCUT2D eigenvalue weighted by Gasteiger charge is 2.25. The standard InChI is InChI=1S/C16H24N4O3S/c1-23-14-7-9-15(10-8-14)24(21,22)19-16-17-11-20(12-18-16)13-5-3-2-4-6-13/h7-10,13H,2-6,11-12H2,1H3,(H2,17,18,19). The van der Waals surface area contributed by atoms with Crippen molar-refractivity contribution in [2.45, 2.75) is 43.0 Å². The van der Waals surface area contributed by atoms with E-state index in [-0.39, 0.29) is 4.90 Å². The highest BCUT2D eigenvalue weighted by atomic mass is 32.2. The van der Waals surface area contributed by atoms with Crippen LogP contribution in [-0.2, 0) is 10.0 Å². The average molecular weight is 352 g/mol. The lowest BCUT2D eigenvalue weighted by molar-refractivity contribution is 0.149. The minimum absolute atomic E-state index is 0.183. The van der Waals surface area contributed by atoms with E-state index in [4.69, 9.17) is 4.74 Å². The lowest BCUT2D eigenvalue weighted by Gasteiger charge is -2.35. The first kappa shape index (κ1) is 17.0. The first-order valence-electron chi connectivity index (χ1n) is 8.28. The maximum atomic E-state index is 12.4. The summed E-state index contributed by atoms with van der Waals surface area (Å²) < 4.78 is 32.4. The van der Waals surface area contributed by atoms with E-state index in [1.54, 1.807) is 19.2 Å². The maximum Gasteiger partial charge on any atom is 0.264 e. The summed E-state index contributed by atoms with van der Waals surface area (Å²) in [6.07, 6.45) is 6.24. The van der Waals surface area contributed by atoms with Gasteiger partial charge in [-0.3, -0.25) is 4.90 Å². The predicted molar refractivity (Wildman–Crippen MR) is 92.3 cm³/mol. The Kier molecular flexibility index (Phi) is 5.25. The summed E-state index contributed by atoms with van der Waals surface area (Å²) in [5.41, 5.74) is 0. The summed E-state index contributed by atoms with van der Waals surface area (Å²) in [5, 5.41) is 3.08. The summed E-state index contributed by atoms with van der Waals surface area (Å²) in [6, 6.07) is 6.82. The molecule has 0 bridgehead atoms. The van der Waals surface area contributed by atoms with Gasteiger partial charge in [0.1, 0.15) is 5.75 Å². The minimum Gasteiger partial charge on any atom is -0.497 e. The maximum absolute atomic E-state index is 12.4. The Morgan fingerprint density at radius 3 is 2.50 bits per heavy atom. The van der Waals surface area contributed by atoms with Gasteiger partial charge in [0.25, 0.3) is 10.0 Å². The first-order valence-corrected chi connectivity index (χ1v) is 9.76. The molecular weight excluding hydrogens is 328 g/mol. The second kappa shape index (κ2) is 7.40. The van der Waals surface area contributed by atoms with E-state index in [2.05, 4.69) is 19.9 Å². The van der Waals surface area contributed by atoms with Crippen LogP contribution in [0.2, 0.25) is 0 Å². The number of nitrogens with zero attached hydrogens (tertiary/aromatic N) is 2. The Hall–Kier alpha value is -1.80. The molecule has 1 aromatic carbocycles. The molecule has 1 aromatic rings. The molecule has 1 saturated carbocycles. The number of nitrogens with one attached hydrogen (secondary N) is 2. The fourth-order valence-electron chi connectivity index (χ4n) is 3.14. The molecule has 1 fully saturated rings. The van der Waals surface area contributed by atoms with Crippen LogP contribution in [0.15, 0.2) is 34.2 Å². The largest absolute Gasteiger partial charge is 0.497 e. The van der Waals surface area contributed by atoms with Crippen molar-refractivity contribution in [1.29, 1.82) is 0 Å². The van der Waals surface area contributed by atoms with Gasteiger partial charge in [-0.15, -0.1) is 0 Å². The van der Waals surface area contributed by atoms with Crippen molar-refractivity contribution in [2.75, 3.05) is 20.4 Å². The van der Waals surface area contributed by atoms with Crippen molar-refractivity contribution >= 4 is 16.0 Å². The fraction of sp³-hybridized carbons (Fsp3) is 0.562. The Morgan fingerprint density at radius 2 is 1.92 bits per heavy atom. The number of methoxy groups -OCH3 is 1. The summed E-state index contributed by atoms with van der Waals surface area (Å²) in [4.78, 5) is 6.80. The molecule has 8 heteroatoms. The molecule has 1 heterocycles. The van der Waals surface area contributed by atoms with Gasteiger partial charge in [0.15, 0.2) is 0 Å². The Bertz CT molecular complexity index is 682. The zero-order valence-electron chi connectivity index (χ0n) is 13.9. The fourth-order valence-corrected chi connectivity index (χ4v) is 4.15. The second-order valence-electron chi connectivity index (χ2n) is 6.14. The molecular formula is C16H24N4O3S. The van der Waals surface area contributed by atoms with Crippen LogP contribution >= 0.6 is 0 Å². The normalized spacial score (nSPS) is 20.1. The molecule has 0 amide bonds. The molecule has 132 valence electrons. The molecule has 3 rings (SSSR count). The number of rotatable bonds is 4. The van der Waals surface area contributed by atoms with Gasteiger partial charge >= 0.3 is 0 Å². The third kappa shape index (κ3) is 3.99. The highest BCUT2D eigenvalue weighted by molar-refractivity contribution is 7.90. The van der Waals surface area contributed by atoms with E-state index in [0.29, 0.717) is 31.1 Å². The third-order valence-corrected chi connectivity index (χ3v) is 5.91. The number of aliphatic imine (C=N–C) groups is 1. The second-order valence-corrected chi connectivity index (χ2v) is 7.83. The van der Waals surface area contributed by atoms with Crippen LogP contribution in [0.1, 0.15) is 32.1 Å². The Morgan fingerprint density at radius 1 is 1.21 bits per heavy atom. The van der Waals surface area contributed by atoms with E-state index in [1.807, 2.05) is 0 Å². The van der Waals surface area contributed by atoms with Crippen molar-refractivity contribution in [3.63, 3.8) is 0 Å². The monoisotopic (exact) mass is 352 g/mol. The summed E-state index contributed by atoms with van der Waals surface area (Å²) in [5.74, 6) is 0.920. The number of sulfonamides is 1. The van der Waals surface area contributed by atoms with E-state index < -0.39 is 10.0 Å². The zero-order valence-corrected chi connectivity index (χ0v) is 14.7. The number of benzene rings is 1. The van der Waals surface area contributed by atoms with Crippen molar-refractivity contribution in [2.24, 2.45) is 4.99 Å². The van der Waals surface area contributed by atoms with Crippen LogP contribution in [0.3, 0.4) is 0 Å². The van der Waals surface area contributed by atoms with Crippen LogP contribution in [-0.4, -0.2) is 45.8 Å². The van der Waals surface area contributed by atoms with Gasteiger partial charge in [-0.05, 0) is 37.1 Å². The number of hydrogen-bond donors (Lipinski definition) is 2. The van der Waals surface area contributed by atoms with Gasteiger partial charge in [0.2, 0.25) is 5.96 Å². The Balaban J connectivity index is 1.61. The molecule has 1 aliphatic carbocycles. The molecule has 1 aliphatic heterocycles. The van der Waals surface area contributed by atoms with Crippen molar-refractivity contribution in [1.82, 2.24) is 14.9 Å². The molecule has 0 saturated heterocycles. The topological polar surface area (TPSA) is 83.0 Å². The van der Waals surface area contributed by atoms with E-state index in [0.717, 1.165) is 0 Å². The first-order chi connectivity index (χ1) is 11.6. The quantitative estimate of drug-likeness (QED) is 0.858. The number of guanidine groups is 1. The van der Waals surface area contributed by atoms with Gasteiger partial charge in [-0.1, -0.05) is 19.3 Å². The van der Waals surface area contributed by atoms with Crippen LogP contribution in [0, 0.1) is 0 Å². The third-order valence-electron chi connectivity index (χ3n) is 4.55. The van der Waals surface area contributed by atoms with Crippen LogP contribution in [0.4, 0.5) is 0 Å². The smallest absolute Gasteiger partial charge is 0.264 e. The number of hydrogen-bond acceptors (Lipinski definition) is 6. The number of ether oxygens (including phenoxy) is 1. The van der Waals surface area contributed by atoms with Crippen molar-refractivity contribution in [3.8, 4) is 5.75 Å². The van der Waals surface area contributed by atoms with E-state index in [1.165, 1.54) is 44.2 Å². The van der Waals surface area contributed by atoms with Crippen molar-refractivity contribution < 1.29 is 13.2 Å². The molecule has 0 aromatic heterocycles. The molecule has 0 radical (unpaired) electrons. The van der Waals surface area contributed by atoms with Gasteiger partial charge in [-0.25, -0.2) is 18.1 Å². The SMILES string of the molecule is COc1ccc(S(=O)(=O)NC2=NCN(C3CCCCC3)CN2)cc1. The van der Waals surface area contributed by atoms with E-state index in [9.17, 15) is 8.42 Å². The molecule has 2 aliphatic rings. The summed E-state index contributed by atoms with van der Waals surface area (Å²) >= 11 is 0. The van der Waals surface area contributed by atoms with Gasteiger partial charge < -0.3 is 10.1 Å². The molecule has 0 spiro atoms. The average Bonchev–Trinajstić information content (AvgIpc) is 2.63. The highest BCUT2D eigenvalue weighted by Crippen LogP contribution is 2.22. The summed E-state index contributed by atoms with van der Waals surface area (Å²) in [6.45, 7) is 1.15. The van der Waals surface area contributed by atoms with Crippen molar-refractivity contribution in [3.05, 3.63) is 24.3 Å². The van der Waals surface area contributed by atoms with Crippen LogP contribution in [0.25, 0.3) is 0 Å². The molecule has 0 atom stereocenters. The lowest BCUT2D eigenvalue weighted by atomic mass is 9.94. The van der Waals surface area contributed by atoms with Crippen LogP contribution < -0.4 is 14.8 Å². The van der Waals surface area contributed by atoms with Gasteiger partial charge in [0.05, 0.1) is 25.3 Å². The lowest BCUT2D eigenvalue weighted by Crippen LogP contribution is -2.53. The van der Waals surface area contributed by atoms with Gasteiger partial charge in [0, 0.05) is 6.04 Å². The predicted octanol–water partition coefficient (Wildman–Crippen LogP) is 1.48. The molecule has 2 N–H and O–H groups in total. The van der Waals surface area contributed by atoms with E-state index >= 15 is 0 Å². The minimum atomic E-state index is -3.64. The zero-order chi connectivity index (χ0) is 17.0. The molecule has 7 nitrogen and oxygen atoms in total. The van der Waals surface area contributed by atoms with Gasteiger partial charge in [-0.2, -0.15) is 0 Å².